The van der Waals surface area contributed by atoms with Gasteiger partial charge >= 0.3 is 0 Å². The molecule has 1 saturated carbocycles. The molecule has 1 aliphatic heterocycles. The molecule has 0 spiro atoms. The predicted molar refractivity (Wildman–Crippen MR) is 98.3 cm³/mol. The van der Waals surface area contributed by atoms with Gasteiger partial charge in [-0.1, -0.05) is 12.2 Å². The number of nitrogens with zero attached hydrogens (tertiary/aromatic N) is 2. The van der Waals surface area contributed by atoms with Gasteiger partial charge in [0.15, 0.2) is 0 Å². The molecule has 4 rings (SSSR count). The Bertz CT molecular complexity index is 807. The van der Waals surface area contributed by atoms with E-state index in [1.807, 2.05) is 12.2 Å². The smallest absolute Gasteiger partial charge is 0.294 e. The number of fused-ring (bicyclic) bond motifs is 5. The van der Waals surface area contributed by atoms with E-state index in [4.69, 9.17) is 4.74 Å². The van der Waals surface area contributed by atoms with Gasteiger partial charge in [-0.3, -0.25) is 19.7 Å². The third-order valence-electron chi connectivity index (χ3n) is 5.75. The number of nitrogens with one attached hydrogen (secondary N) is 1. The van der Waals surface area contributed by atoms with Gasteiger partial charge in [-0.15, -0.1) is 0 Å². The largest absolute Gasteiger partial charge is 0.385 e. The molecule has 1 saturated heterocycles. The number of hydrogen-bond donors (Lipinski definition) is 1. The molecule has 3 aliphatic rings. The molecule has 4 unspecified atom stereocenters. The average molecular weight is 371 g/mol. The van der Waals surface area contributed by atoms with Crippen molar-refractivity contribution in [2.75, 3.05) is 30.5 Å². The van der Waals surface area contributed by atoms with Crippen LogP contribution in [0.1, 0.15) is 12.8 Å². The molecule has 2 aliphatic carbocycles. The Morgan fingerprint density at radius 3 is 2.48 bits per heavy atom. The van der Waals surface area contributed by atoms with Crippen molar-refractivity contribution >= 4 is 28.9 Å². The van der Waals surface area contributed by atoms with Crippen LogP contribution in [0.15, 0.2) is 30.4 Å². The minimum Gasteiger partial charge on any atom is -0.385 e. The van der Waals surface area contributed by atoms with E-state index in [1.165, 1.54) is 6.07 Å². The SMILES string of the molecule is COCCCNc1ccc(N2C(=O)C3C4C=CC(C4)C3C2=O)cc1[N+](=O)[O-]. The summed E-state index contributed by atoms with van der Waals surface area (Å²) in [4.78, 5) is 37.9. The van der Waals surface area contributed by atoms with Crippen LogP contribution in [0.25, 0.3) is 0 Å². The first-order valence-corrected chi connectivity index (χ1v) is 9.10. The van der Waals surface area contributed by atoms with Crippen LogP contribution in [0.3, 0.4) is 0 Å². The number of nitro groups is 1. The third-order valence-corrected chi connectivity index (χ3v) is 5.75. The number of anilines is 2. The van der Waals surface area contributed by atoms with Crippen LogP contribution in [0.4, 0.5) is 17.1 Å². The maximum Gasteiger partial charge on any atom is 0.294 e. The second kappa shape index (κ2) is 6.77. The lowest BCUT2D eigenvalue weighted by Crippen LogP contribution is -2.32. The summed E-state index contributed by atoms with van der Waals surface area (Å²) in [5, 5.41) is 14.5. The first-order valence-electron chi connectivity index (χ1n) is 9.10. The molecule has 2 fully saturated rings. The van der Waals surface area contributed by atoms with Crippen molar-refractivity contribution in [3.8, 4) is 0 Å². The van der Waals surface area contributed by atoms with Crippen LogP contribution in [0, 0.1) is 33.8 Å². The summed E-state index contributed by atoms with van der Waals surface area (Å²) < 4.78 is 4.97. The van der Waals surface area contributed by atoms with E-state index in [2.05, 4.69) is 5.32 Å². The number of carbonyl (C=O) groups is 2. The fraction of sp³-hybridized carbons (Fsp3) is 0.474. The Morgan fingerprint density at radius 1 is 1.22 bits per heavy atom. The van der Waals surface area contributed by atoms with Crippen molar-refractivity contribution in [3.63, 3.8) is 0 Å². The minimum absolute atomic E-state index is 0.109. The van der Waals surface area contributed by atoms with Gasteiger partial charge in [0.05, 0.1) is 22.4 Å². The van der Waals surface area contributed by atoms with Crippen LogP contribution >= 0.6 is 0 Å². The van der Waals surface area contributed by atoms with Gasteiger partial charge in [-0.05, 0) is 36.8 Å². The molecule has 0 aromatic heterocycles. The summed E-state index contributed by atoms with van der Waals surface area (Å²) in [5.41, 5.74) is 0.484. The van der Waals surface area contributed by atoms with Crippen molar-refractivity contribution in [1.29, 1.82) is 0 Å². The molecule has 1 heterocycles. The number of ether oxygens (including phenoxy) is 1. The Balaban J connectivity index is 1.59. The van der Waals surface area contributed by atoms with E-state index in [0.717, 1.165) is 11.3 Å². The average Bonchev–Trinajstić information content (AvgIpc) is 3.33. The lowest BCUT2D eigenvalue weighted by atomic mass is 9.85. The molecular formula is C19H21N3O5. The summed E-state index contributed by atoms with van der Waals surface area (Å²) in [6.45, 7) is 1.07. The number of hydrogen-bond acceptors (Lipinski definition) is 6. The number of imide groups is 1. The van der Waals surface area contributed by atoms with Crippen molar-refractivity contribution in [2.24, 2.45) is 23.7 Å². The third kappa shape index (κ3) is 2.80. The van der Waals surface area contributed by atoms with Crippen molar-refractivity contribution in [2.45, 2.75) is 12.8 Å². The van der Waals surface area contributed by atoms with E-state index < -0.39 is 4.92 Å². The molecule has 142 valence electrons. The molecule has 1 aromatic rings. The first kappa shape index (κ1) is 17.7. The quantitative estimate of drug-likeness (QED) is 0.260. The summed E-state index contributed by atoms with van der Waals surface area (Å²) in [5.74, 6) is -0.901. The molecule has 2 bridgehead atoms. The van der Waals surface area contributed by atoms with Gasteiger partial charge in [-0.25, -0.2) is 4.90 Å². The zero-order valence-electron chi connectivity index (χ0n) is 15.0. The van der Waals surface area contributed by atoms with E-state index in [-0.39, 0.29) is 46.9 Å². The van der Waals surface area contributed by atoms with E-state index in [0.29, 0.717) is 25.3 Å². The Hall–Kier alpha value is -2.74. The van der Waals surface area contributed by atoms with E-state index in [9.17, 15) is 19.7 Å². The van der Waals surface area contributed by atoms with Gasteiger partial charge in [0.1, 0.15) is 5.69 Å². The topological polar surface area (TPSA) is 102 Å². The highest BCUT2D eigenvalue weighted by molar-refractivity contribution is 6.23. The van der Waals surface area contributed by atoms with Crippen molar-refractivity contribution in [3.05, 3.63) is 40.5 Å². The molecule has 8 nitrogen and oxygen atoms in total. The Kier molecular flexibility index (Phi) is 4.43. The molecule has 1 N–H and O–H groups in total. The van der Waals surface area contributed by atoms with Crippen LogP contribution in [-0.2, 0) is 14.3 Å². The summed E-state index contributed by atoms with van der Waals surface area (Å²) in [6.07, 6.45) is 5.61. The minimum atomic E-state index is -0.501. The summed E-state index contributed by atoms with van der Waals surface area (Å²) in [6, 6.07) is 4.46. The van der Waals surface area contributed by atoms with Crippen LogP contribution < -0.4 is 10.2 Å². The molecule has 8 heteroatoms. The monoisotopic (exact) mass is 371 g/mol. The number of methoxy groups -OCH3 is 1. The zero-order valence-corrected chi connectivity index (χ0v) is 15.0. The second-order valence-corrected chi connectivity index (χ2v) is 7.24. The van der Waals surface area contributed by atoms with Gasteiger partial charge in [0.2, 0.25) is 11.8 Å². The van der Waals surface area contributed by atoms with Gasteiger partial charge in [-0.2, -0.15) is 0 Å². The zero-order chi connectivity index (χ0) is 19.1. The number of allylic oxidation sites excluding steroid dienone is 2. The van der Waals surface area contributed by atoms with Gasteiger partial charge in [0.25, 0.3) is 5.69 Å². The molecule has 1 aromatic carbocycles. The molecule has 2 amide bonds. The standard InChI is InChI=1S/C19H21N3O5/c1-27-8-2-7-20-14-6-5-13(10-15(14)22(25)26)21-18(23)16-11-3-4-12(9-11)17(16)19(21)24/h3-6,10-12,16-17,20H,2,7-9H2,1H3. The van der Waals surface area contributed by atoms with Crippen LogP contribution in [0.5, 0.6) is 0 Å². The van der Waals surface area contributed by atoms with E-state index >= 15 is 0 Å². The van der Waals surface area contributed by atoms with Gasteiger partial charge < -0.3 is 10.1 Å². The number of rotatable bonds is 7. The number of nitro benzene ring substituents is 1. The highest BCUT2D eigenvalue weighted by atomic mass is 16.6. The highest BCUT2D eigenvalue weighted by Gasteiger charge is 2.59. The summed E-state index contributed by atoms with van der Waals surface area (Å²) >= 11 is 0. The van der Waals surface area contributed by atoms with Crippen LogP contribution in [-0.4, -0.2) is 37.0 Å². The fourth-order valence-electron chi connectivity index (χ4n) is 4.56. The molecule has 4 atom stereocenters. The van der Waals surface area contributed by atoms with Gasteiger partial charge in [0, 0.05) is 26.3 Å². The Morgan fingerprint density at radius 2 is 1.89 bits per heavy atom. The number of benzene rings is 1. The van der Waals surface area contributed by atoms with Crippen LogP contribution in [0.2, 0.25) is 0 Å². The van der Waals surface area contributed by atoms with Crippen molar-refractivity contribution in [1.82, 2.24) is 0 Å². The lowest BCUT2D eigenvalue weighted by Gasteiger charge is -2.18. The Labute approximate surface area is 156 Å². The predicted octanol–water partition coefficient (Wildman–Crippen LogP) is 2.35. The molecule has 27 heavy (non-hydrogen) atoms. The normalized spacial score (nSPS) is 28.1. The summed E-state index contributed by atoms with van der Waals surface area (Å²) in [7, 11) is 1.60. The first-order chi connectivity index (χ1) is 13.0. The molecular weight excluding hydrogens is 350 g/mol. The lowest BCUT2D eigenvalue weighted by molar-refractivity contribution is -0.383. The maximum atomic E-state index is 12.9. The molecule has 0 radical (unpaired) electrons. The second-order valence-electron chi connectivity index (χ2n) is 7.24. The maximum absolute atomic E-state index is 12.9. The van der Waals surface area contributed by atoms with E-state index in [1.54, 1.807) is 19.2 Å². The highest BCUT2D eigenvalue weighted by Crippen LogP contribution is 2.53. The number of carbonyl (C=O) groups excluding carboxylic acids is 2. The fourth-order valence-corrected chi connectivity index (χ4v) is 4.56. The number of amides is 2. The van der Waals surface area contributed by atoms with Crippen molar-refractivity contribution < 1.29 is 19.2 Å².